The largest absolute Gasteiger partial charge is 0.472 e. The van der Waals surface area contributed by atoms with Gasteiger partial charge in [-0.2, -0.15) is 0 Å². The van der Waals surface area contributed by atoms with Crippen LogP contribution in [0.3, 0.4) is 0 Å². The zero-order chi connectivity index (χ0) is 17.4. The van der Waals surface area contributed by atoms with Gasteiger partial charge in [0.2, 0.25) is 11.8 Å². The van der Waals surface area contributed by atoms with E-state index in [0.29, 0.717) is 25.1 Å². The predicted molar refractivity (Wildman–Crippen MR) is 88.5 cm³/mol. The van der Waals surface area contributed by atoms with Crippen LogP contribution in [-0.2, 0) is 22.7 Å². The number of imide groups is 1. The number of nitrogens with one attached hydrogen (secondary N) is 2. The average molecular weight is 339 g/mol. The number of fused-ring (bicyclic) bond motifs is 1. The van der Waals surface area contributed by atoms with Crippen LogP contribution in [0.2, 0.25) is 0 Å². The highest BCUT2D eigenvalue weighted by molar-refractivity contribution is 6.05. The third-order valence-corrected chi connectivity index (χ3v) is 4.60. The van der Waals surface area contributed by atoms with Gasteiger partial charge >= 0.3 is 0 Å². The number of benzene rings is 1. The van der Waals surface area contributed by atoms with E-state index in [0.717, 1.165) is 16.8 Å². The van der Waals surface area contributed by atoms with Crippen LogP contribution in [0.1, 0.15) is 34.3 Å². The standard InChI is InChI=1S/C18H17N3O4/c22-16-4-3-15(17(23)20-16)21-9-12-7-13(1-2-14(12)18(21)24)19-8-11-5-6-25-10-11/h1-2,5-7,10,15,19H,3-4,8-9H2,(H,20,22,23). The van der Waals surface area contributed by atoms with Gasteiger partial charge in [0.1, 0.15) is 6.04 Å². The van der Waals surface area contributed by atoms with Crippen molar-refractivity contribution in [2.24, 2.45) is 0 Å². The van der Waals surface area contributed by atoms with E-state index >= 15 is 0 Å². The van der Waals surface area contributed by atoms with Crippen LogP contribution in [-0.4, -0.2) is 28.7 Å². The Morgan fingerprint density at radius 3 is 2.88 bits per heavy atom. The molecule has 0 aliphatic carbocycles. The summed E-state index contributed by atoms with van der Waals surface area (Å²) < 4.78 is 5.04. The third-order valence-electron chi connectivity index (χ3n) is 4.60. The van der Waals surface area contributed by atoms with Crippen LogP contribution in [0, 0.1) is 0 Å². The molecular weight excluding hydrogens is 322 g/mol. The predicted octanol–water partition coefficient (Wildman–Crippen LogP) is 1.65. The Morgan fingerprint density at radius 2 is 2.12 bits per heavy atom. The van der Waals surface area contributed by atoms with Gasteiger partial charge in [-0.05, 0) is 36.2 Å². The molecule has 3 heterocycles. The highest BCUT2D eigenvalue weighted by Gasteiger charge is 2.38. The van der Waals surface area contributed by atoms with Gasteiger partial charge in [0.15, 0.2) is 0 Å². The molecule has 0 bridgehead atoms. The van der Waals surface area contributed by atoms with Gasteiger partial charge in [-0.1, -0.05) is 0 Å². The molecular formula is C18H17N3O4. The van der Waals surface area contributed by atoms with Crippen LogP contribution < -0.4 is 10.6 Å². The molecule has 2 aromatic rings. The topological polar surface area (TPSA) is 91.7 Å². The lowest BCUT2D eigenvalue weighted by molar-refractivity contribution is -0.136. The van der Waals surface area contributed by atoms with Crippen molar-refractivity contribution in [2.75, 3.05) is 5.32 Å². The van der Waals surface area contributed by atoms with Crippen molar-refractivity contribution in [1.82, 2.24) is 10.2 Å². The van der Waals surface area contributed by atoms with Gasteiger partial charge in [0.25, 0.3) is 5.91 Å². The maximum Gasteiger partial charge on any atom is 0.255 e. The van der Waals surface area contributed by atoms with Crippen LogP contribution in [0.25, 0.3) is 0 Å². The number of piperidine rings is 1. The molecule has 1 saturated heterocycles. The highest BCUT2D eigenvalue weighted by atomic mass is 16.3. The van der Waals surface area contributed by atoms with Gasteiger partial charge in [-0.25, -0.2) is 0 Å². The highest BCUT2D eigenvalue weighted by Crippen LogP contribution is 2.29. The number of anilines is 1. The van der Waals surface area contributed by atoms with E-state index in [9.17, 15) is 14.4 Å². The fraction of sp³-hybridized carbons (Fsp3) is 0.278. The number of hydrogen-bond donors (Lipinski definition) is 2. The summed E-state index contributed by atoms with van der Waals surface area (Å²) in [5, 5.41) is 5.59. The molecule has 0 radical (unpaired) electrons. The first-order chi connectivity index (χ1) is 12.1. The van der Waals surface area contributed by atoms with E-state index in [4.69, 9.17) is 4.42 Å². The van der Waals surface area contributed by atoms with E-state index in [-0.39, 0.29) is 18.2 Å². The van der Waals surface area contributed by atoms with E-state index in [1.807, 2.05) is 18.2 Å². The molecule has 2 aliphatic rings. The van der Waals surface area contributed by atoms with Gasteiger partial charge in [-0.3, -0.25) is 19.7 Å². The summed E-state index contributed by atoms with van der Waals surface area (Å²) in [5.74, 6) is -0.835. The van der Waals surface area contributed by atoms with Crippen molar-refractivity contribution in [3.63, 3.8) is 0 Å². The van der Waals surface area contributed by atoms with Gasteiger partial charge in [-0.15, -0.1) is 0 Å². The monoisotopic (exact) mass is 339 g/mol. The van der Waals surface area contributed by atoms with Gasteiger partial charge < -0.3 is 14.6 Å². The van der Waals surface area contributed by atoms with Crippen LogP contribution in [0.5, 0.6) is 0 Å². The molecule has 1 atom stereocenters. The summed E-state index contributed by atoms with van der Waals surface area (Å²) in [6.45, 7) is 1.00. The number of carbonyl (C=O) groups is 3. The molecule has 0 spiro atoms. The first-order valence-electron chi connectivity index (χ1n) is 8.14. The van der Waals surface area contributed by atoms with Crippen molar-refractivity contribution >= 4 is 23.4 Å². The summed E-state index contributed by atoms with van der Waals surface area (Å²) in [4.78, 5) is 37.5. The number of hydrogen-bond acceptors (Lipinski definition) is 5. The lowest BCUT2D eigenvalue weighted by Gasteiger charge is -2.29. The molecule has 1 aromatic carbocycles. The minimum absolute atomic E-state index is 0.161. The van der Waals surface area contributed by atoms with Crippen molar-refractivity contribution in [1.29, 1.82) is 0 Å². The number of furan rings is 1. The summed E-state index contributed by atoms with van der Waals surface area (Å²) >= 11 is 0. The fourth-order valence-electron chi connectivity index (χ4n) is 3.28. The summed E-state index contributed by atoms with van der Waals surface area (Å²) in [6.07, 6.45) is 3.93. The maximum atomic E-state index is 12.6. The van der Waals surface area contributed by atoms with E-state index in [2.05, 4.69) is 10.6 Å². The smallest absolute Gasteiger partial charge is 0.255 e. The summed E-state index contributed by atoms with van der Waals surface area (Å²) in [5.41, 5.74) is 3.42. The minimum Gasteiger partial charge on any atom is -0.472 e. The second-order valence-corrected chi connectivity index (χ2v) is 6.26. The van der Waals surface area contributed by atoms with Gasteiger partial charge in [0.05, 0.1) is 12.5 Å². The van der Waals surface area contributed by atoms with Crippen LogP contribution >= 0.6 is 0 Å². The minimum atomic E-state index is -0.583. The summed E-state index contributed by atoms with van der Waals surface area (Å²) in [7, 11) is 0. The van der Waals surface area contributed by atoms with E-state index in [1.165, 1.54) is 0 Å². The fourth-order valence-corrected chi connectivity index (χ4v) is 3.28. The molecule has 128 valence electrons. The quantitative estimate of drug-likeness (QED) is 0.827. The number of amides is 3. The average Bonchev–Trinajstić information content (AvgIpc) is 3.21. The third kappa shape index (κ3) is 2.88. The van der Waals surface area contributed by atoms with Crippen molar-refractivity contribution in [2.45, 2.75) is 32.0 Å². The first kappa shape index (κ1) is 15.4. The normalized spacial score (nSPS) is 19.8. The second kappa shape index (κ2) is 6.08. The Balaban J connectivity index is 1.49. The lowest BCUT2D eigenvalue weighted by Crippen LogP contribution is -2.52. The van der Waals surface area contributed by atoms with E-state index in [1.54, 1.807) is 23.5 Å². The Hall–Kier alpha value is -3.09. The maximum absolute atomic E-state index is 12.6. The molecule has 7 nitrogen and oxygen atoms in total. The number of carbonyl (C=O) groups excluding carboxylic acids is 3. The zero-order valence-corrected chi connectivity index (χ0v) is 13.5. The van der Waals surface area contributed by atoms with Crippen LogP contribution in [0.15, 0.2) is 41.2 Å². The molecule has 1 fully saturated rings. The Morgan fingerprint density at radius 1 is 1.24 bits per heavy atom. The van der Waals surface area contributed by atoms with Crippen molar-refractivity contribution in [3.05, 3.63) is 53.5 Å². The van der Waals surface area contributed by atoms with Crippen molar-refractivity contribution < 1.29 is 18.8 Å². The summed E-state index contributed by atoms with van der Waals surface area (Å²) in [6, 6.07) is 6.86. The molecule has 0 saturated carbocycles. The Kier molecular flexibility index (Phi) is 3.76. The zero-order valence-electron chi connectivity index (χ0n) is 13.5. The van der Waals surface area contributed by atoms with Crippen LogP contribution in [0.4, 0.5) is 5.69 Å². The molecule has 2 N–H and O–H groups in total. The first-order valence-corrected chi connectivity index (χ1v) is 8.14. The SMILES string of the molecule is O=C1CCC(N2Cc3cc(NCc4ccoc4)ccc3C2=O)C(=O)N1. The molecule has 1 unspecified atom stereocenters. The van der Waals surface area contributed by atoms with Gasteiger partial charge in [0, 0.05) is 36.3 Å². The van der Waals surface area contributed by atoms with Crippen molar-refractivity contribution in [3.8, 4) is 0 Å². The molecule has 2 aliphatic heterocycles. The molecule has 4 rings (SSSR count). The number of nitrogens with zero attached hydrogens (tertiary/aromatic N) is 1. The number of rotatable bonds is 4. The molecule has 7 heteroatoms. The second-order valence-electron chi connectivity index (χ2n) is 6.26. The lowest BCUT2D eigenvalue weighted by atomic mass is 10.0. The Bertz CT molecular complexity index is 844. The molecule has 3 amide bonds. The molecule has 1 aromatic heterocycles. The van der Waals surface area contributed by atoms with E-state index < -0.39 is 11.9 Å². The Labute approximate surface area is 144 Å². The molecule has 25 heavy (non-hydrogen) atoms.